The average molecular weight is 439 g/mol. The highest BCUT2D eigenvalue weighted by Gasteiger charge is 2.32. The van der Waals surface area contributed by atoms with Gasteiger partial charge in [0.05, 0.1) is 12.7 Å². The highest BCUT2D eigenvalue weighted by Crippen LogP contribution is 2.21. The maximum atomic E-state index is 5.93. The highest BCUT2D eigenvalue weighted by molar-refractivity contribution is 14.0. The van der Waals surface area contributed by atoms with Gasteiger partial charge < -0.3 is 19.7 Å². The number of rotatable bonds is 7. The van der Waals surface area contributed by atoms with Crippen LogP contribution in [0.1, 0.15) is 52.4 Å². The van der Waals surface area contributed by atoms with Crippen molar-refractivity contribution in [1.29, 1.82) is 0 Å². The molecule has 2 unspecified atom stereocenters. The maximum absolute atomic E-state index is 5.93. The van der Waals surface area contributed by atoms with Crippen LogP contribution >= 0.6 is 24.0 Å². The molecule has 2 saturated heterocycles. The lowest BCUT2D eigenvalue weighted by Crippen LogP contribution is -2.53. The number of hydrogen-bond donors (Lipinski definition) is 1. The SMILES string of the molecule is CCCCCCN=C(NCC)N1CCOC(C2CCCO2)C1.I. The van der Waals surface area contributed by atoms with Gasteiger partial charge in [0.2, 0.25) is 0 Å². The van der Waals surface area contributed by atoms with Crippen LogP contribution in [0.25, 0.3) is 0 Å². The van der Waals surface area contributed by atoms with Crippen LogP contribution in [-0.4, -0.2) is 62.5 Å². The molecule has 136 valence electrons. The quantitative estimate of drug-likeness (QED) is 0.287. The number of nitrogens with zero attached hydrogens (tertiary/aromatic N) is 2. The second-order valence-electron chi connectivity index (χ2n) is 6.20. The van der Waals surface area contributed by atoms with Crippen molar-refractivity contribution in [2.24, 2.45) is 4.99 Å². The lowest BCUT2D eigenvalue weighted by Gasteiger charge is -2.37. The lowest BCUT2D eigenvalue weighted by atomic mass is 10.1. The van der Waals surface area contributed by atoms with Gasteiger partial charge in [0.1, 0.15) is 6.10 Å². The normalized spacial score (nSPS) is 25.3. The van der Waals surface area contributed by atoms with Crippen LogP contribution < -0.4 is 5.32 Å². The Bertz CT molecular complexity index is 336. The molecule has 0 aliphatic carbocycles. The van der Waals surface area contributed by atoms with Gasteiger partial charge in [-0.1, -0.05) is 26.2 Å². The molecule has 1 N–H and O–H groups in total. The van der Waals surface area contributed by atoms with Crippen molar-refractivity contribution in [2.75, 3.05) is 39.4 Å². The smallest absolute Gasteiger partial charge is 0.194 e. The van der Waals surface area contributed by atoms with Gasteiger partial charge in [-0.2, -0.15) is 0 Å². The van der Waals surface area contributed by atoms with Crippen LogP contribution in [0.15, 0.2) is 4.99 Å². The average Bonchev–Trinajstić information content (AvgIpc) is 3.08. The molecule has 2 aliphatic rings. The summed E-state index contributed by atoms with van der Waals surface area (Å²) in [7, 11) is 0. The van der Waals surface area contributed by atoms with Crippen LogP contribution in [0, 0.1) is 0 Å². The van der Waals surface area contributed by atoms with E-state index in [9.17, 15) is 0 Å². The monoisotopic (exact) mass is 439 g/mol. The van der Waals surface area contributed by atoms with Crippen molar-refractivity contribution >= 4 is 29.9 Å². The third-order valence-corrected chi connectivity index (χ3v) is 4.38. The van der Waals surface area contributed by atoms with Crippen molar-refractivity contribution < 1.29 is 9.47 Å². The summed E-state index contributed by atoms with van der Waals surface area (Å²) in [4.78, 5) is 7.15. The van der Waals surface area contributed by atoms with Gasteiger partial charge in [0.15, 0.2) is 5.96 Å². The first-order valence-electron chi connectivity index (χ1n) is 9.11. The van der Waals surface area contributed by atoms with E-state index in [1.165, 1.54) is 25.7 Å². The second-order valence-corrected chi connectivity index (χ2v) is 6.20. The second kappa shape index (κ2) is 12.3. The molecule has 0 spiro atoms. The zero-order valence-corrected chi connectivity index (χ0v) is 17.1. The fourth-order valence-electron chi connectivity index (χ4n) is 3.14. The third kappa shape index (κ3) is 7.13. The molecule has 0 saturated carbocycles. The number of nitrogens with one attached hydrogen (secondary N) is 1. The molecule has 0 radical (unpaired) electrons. The summed E-state index contributed by atoms with van der Waals surface area (Å²) in [5, 5.41) is 3.43. The van der Waals surface area contributed by atoms with Gasteiger partial charge >= 0.3 is 0 Å². The fraction of sp³-hybridized carbons (Fsp3) is 0.941. The number of ether oxygens (including phenoxy) is 2. The first-order chi connectivity index (χ1) is 10.8. The highest BCUT2D eigenvalue weighted by atomic mass is 127. The molecular weight excluding hydrogens is 405 g/mol. The predicted molar refractivity (Wildman–Crippen MR) is 106 cm³/mol. The molecule has 23 heavy (non-hydrogen) atoms. The largest absolute Gasteiger partial charge is 0.375 e. The van der Waals surface area contributed by atoms with Gasteiger partial charge in [0.25, 0.3) is 0 Å². The van der Waals surface area contributed by atoms with Crippen molar-refractivity contribution in [1.82, 2.24) is 10.2 Å². The number of guanidine groups is 1. The van der Waals surface area contributed by atoms with E-state index in [1.54, 1.807) is 0 Å². The van der Waals surface area contributed by atoms with E-state index in [0.29, 0.717) is 0 Å². The molecule has 0 aromatic carbocycles. The zero-order valence-electron chi connectivity index (χ0n) is 14.8. The number of halogens is 1. The Labute approximate surface area is 158 Å². The molecule has 2 atom stereocenters. The first kappa shape index (κ1) is 21.0. The molecular formula is C17H34IN3O2. The Morgan fingerprint density at radius 2 is 1.96 bits per heavy atom. The summed E-state index contributed by atoms with van der Waals surface area (Å²) < 4.78 is 11.7. The predicted octanol–water partition coefficient (Wildman–Crippen LogP) is 3.03. The molecule has 2 fully saturated rings. The van der Waals surface area contributed by atoms with E-state index in [4.69, 9.17) is 14.5 Å². The Morgan fingerprint density at radius 1 is 1.13 bits per heavy atom. The van der Waals surface area contributed by atoms with Gasteiger partial charge in [0, 0.05) is 32.8 Å². The summed E-state index contributed by atoms with van der Waals surface area (Å²) in [6.45, 7) is 9.67. The van der Waals surface area contributed by atoms with E-state index in [0.717, 1.165) is 58.2 Å². The molecule has 2 rings (SSSR count). The van der Waals surface area contributed by atoms with Crippen LogP contribution in [0.2, 0.25) is 0 Å². The third-order valence-electron chi connectivity index (χ3n) is 4.38. The van der Waals surface area contributed by atoms with Gasteiger partial charge in [-0.05, 0) is 26.2 Å². The Hall–Kier alpha value is -0.0800. The zero-order chi connectivity index (χ0) is 15.6. The minimum absolute atomic E-state index is 0. The molecule has 0 bridgehead atoms. The standard InChI is InChI=1S/C17H33N3O2.HI/c1-3-5-6-7-10-19-17(18-4-2)20-11-13-22-16(14-20)15-9-8-12-21-15;/h15-16H,3-14H2,1-2H3,(H,18,19);1H. The number of morpholine rings is 1. The minimum Gasteiger partial charge on any atom is -0.375 e. The van der Waals surface area contributed by atoms with Gasteiger partial charge in [-0.25, -0.2) is 0 Å². The minimum atomic E-state index is 0. The number of aliphatic imine (C=N–C) groups is 1. The van der Waals surface area contributed by atoms with Crippen LogP contribution in [-0.2, 0) is 9.47 Å². The van der Waals surface area contributed by atoms with Crippen LogP contribution in [0.4, 0.5) is 0 Å². The van der Waals surface area contributed by atoms with Gasteiger partial charge in [-0.15, -0.1) is 24.0 Å². The van der Waals surface area contributed by atoms with Crippen LogP contribution in [0.5, 0.6) is 0 Å². The van der Waals surface area contributed by atoms with Crippen molar-refractivity contribution in [2.45, 2.75) is 64.6 Å². The summed E-state index contributed by atoms with van der Waals surface area (Å²) in [6, 6.07) is 0. The molecule has 0 aromatic rings. The van der Waals surface area contributed by atoms with E-state index >= 15 is 0 Å². The first-order valence-corrected chi connectivity index (χ1v) is 9.11. The van der Waals surface area contributed by atoms with Crippen LogP contribution in [0.3, 0.4) is 0 Å². The van der Waals surface area contributed by atoms with E-state index in [1.807, 2.05) is 0 Å². The lowest BCUT2D eigenvalue weighted by molar-refractivity contribution is -0.0817. The summed E-state index contributed by atoms with van der Waals surface area (Å²) in [5.41, 5.74) is 0. The maximum Gasteiger partial charge on any atom is 0.194 e. The number of hydrogen-bond acceptors (Lipinski definition) is 3. The van der Waals surface area contributed by atoms with E-state index in [2.05, 4.69) is 24.1 Å². The summed E-state index contributed by atoms with van der Waals surface area (Å²) >= 11 is 0. The van der Waals surface area contributed by atoms with Crippen molar-refractivity contribution in [3.8, 4) is 0 Å². The molecule has 0 aromatic heterocycles. The Kier molecular flexibility index (Phi) is 11.2. The Morgan fingerprint density at radius 3 is 2.65 bits per heavy atom. The molecule has 6 heteroatoms. The fourth-order valence-corrected chi connectivity index (χ4v) is 3.14. The van der Waals surface area contributed by atoms with Crippen molar-refractivity contribution in [3.63, 3.8) is 0 Å². The number of unbranched alkanes of at least 4 members (excludes halogenated alkanes) is 3. The molecule has 5 nitrogen and oxygen atoms in total. The topological polar surface area (TPSA) is 46.1 Å². The summed E-state index contributed by atoms with van der Waals surface area (Å²) in [6.07, 6.45) is 7.80. The van der Waals surface area contributed by atoms with Gasteiger partial charge in [-0.3, -0.25) is 4.99 Å². The van der Waals surface area contributed by atoms with E-state index < -0.39 is 0 Å². The molecule has 2 heterocycles. The van der Waals surface area contributed by atoms with E-state index in [-0.39, 0.29) is 36.2 Å². The Balaban J connectivity index is 0.00000264. The van der Waals surface area contributed by atoms with Crippen molar-refractivity contribution in [3.05, 3.63) is 0 Å². The molecule has 2 aliphatic heterocycles. The molecule has 0 amide bonds. The summed E-state index contributed by atoms with van der Waals surface area (Å²) in [5.74, 6) is 1.05.